The zero-order chi connectivity index (χ0) is 11.8. The zero-order valence-electron chi connectivity index (χ0n) is 10.6. The molecule has 1 saturated heterocycles. The lowest BCUT2D eigenvalue weighted by molar-refractivity contribution is -0.126. The monoisotopic (exact) mass is 223 g/mol. The van der Waals surface area contributed by atoms with E-state index < -0.39 is 0 Å². The molecule has 1 rings (SSSR count). The molecule has 0 radical (unpaired) electrons. The smallest absolute Gasteiger partial charge is 0.249 e. The quantitative estimate of drug-likeness (QED) is 0.477. The summed E-state index contributed by atoms with van der Waals surface area (Å²) in [7, 11) is 0. The fraction of sp³-hybridized carbons (Fsp3) is 0.786. The molecule has 0 aliphatic carbocycles. The van der Waals surface area contributed by atoms with E-state index in [1.165, 1.54) is 25.7 Å². The number of hydrogen-bond acceptors (Lipinski definition) is 1. The Morgan fingerprint density at radius 2 is 1.75 bits per heavy atom. The predicted octanol–water partition coefficient (Wildman–Crippen LogP) is 3.53. The normalized spacial score (nSPS) is 15.4. The fourth-order valence-corrected chi connectivity index (χ4v) is 2.19. The number of carbonyl (C=O) groups excluding carboxylic acids is 1. The molecule has 0 N–H and O–H groups in total. The van der Waals surface area contributed by atoms with Crippen LogP contribution >= 0.6 is 0 Å². The first kappa shape index (κ1) is 13.3. The number of amides is 1. The minimum Gasteiger partial charge on any atom is -0.339 e. The van der Waals surface area contributed by atoms with Crippen LogP contribution < -0.4 is 0 Å². The fourth-order valence-electron chi connectivity index (χ4n) is 2.19. The standard InChI is InChI=1S/C14H25NO/c1-3-4-5-6-7-10-13(2)14(16)15-11-8-9-12-15/h2-12H2,1H3. The summed E-state index contributed by atoms with van der Waals surface area (Å²) in [4.78, 5) is 13.8. The Morgan fingerprint density at radius 1 is 1.12 bits per heavy atom. The van der Waals surface area contributed by atoms with Gasteiger partial charge in [0.25, 0.3) is 0 Å². The molecule has 0 aromatic rings. The zero-order valence-corrected chi connectivity index (χ0v) is 10.6. The van der Waals surface area contributed by atoms with Gasteiger partial charge in [0, 0.05) is 18.7 Å². The van der Waals surface area contributed by atoms with Crippen molar-refractivity contribution in [3.8, 4) is 0 Å². The molecule has 0 bridgehead atoms. The summed E-state index contributed by atoms with van der Waals surface area (Å²) in [6.07, 6.45) is 9.45. The first-order chi connectivity index (χ1) is 7.75. The summed E-state index contributed by atoms with van der Waals surface area (Å²) >= 11 is 0. The Bertz CT molecular complexity index is 229. The number of hydrogen-bond donors (Lipinski definition) is 0. The van der Waals surface area contributed by atoms with Crippen molar-refractivity contribution in [2.45, 2.75) is 58.3 Å². The molecule has 1 fully saturated rings. The van der Waals surface area contributed by atoms with Crippen LogP contribution in [0.5, 0.6) is 0 Å². The molecular formula is C14H25NO. The third-order valence-electron chi connectivity index (χ3n) is 3.28. The maximum atomic E-state index is 11.9. The van der Waals surface area contributed by atoms with Crippen molar-refractivity contribution in [1.29, 1.82) is 0 Å². The van der Waals surface area contributed by atoms with Gasteiger partial charge >= 0.3 is 0 Å². The van der Waals surface area contributed by atoms with Crippen molar-refractivity contribution in [3.63, 3.8) is 0 Å². The molecule has 0 spiro atoms. The van der Waals surface area contributed by atoms with Crippen LogP contribution in [0.15, 0.2) is 12.2 Å². The van der Waals surface area contributed by atoms with Crippen molar-refractivity contribution in [2.24, 2.45) is 0 Å². The van der Waals surface area contributed by atoms with Crippen molar-refractivity contribution < 1.29 is 4.79 Å². The molecule has 0 atom stereocenters. The lowest BCUT2D eigenvalue weighted by Gasteiger charge is -2.16. The predicted molar refractivity (Wildman–Crippen MR) is 68.3 cm³/mol. The molecule has 92 valence electrons. The van der Waals surface area contributed by atoms with E-state index in [1.54, 1.807) is 0 Å². The molecule has 2 heteroatoms. The van der Waals surface area contributed by atoms with Gasteiger partial charge in [0.15, 0.2) is 0 Å². The van der Waals surface area contributed by atoms with E-state index in [2.05, 4.69) is 13.5 Å². The van der Waals surface area contributed by atoms with Crippen LogP contribution in [0.2, 0.25) is 0 Å². The van der Waals surface area contributed by atoms with E-state index in [4.69, 9.17) is 0 Å². The Morgan fingerprint density at radius 3 is 2.38 bits per heavy atom. The van der Waals surface area contributed by atoms with E-state index in [0.29, 0.717) is 0 Å². The van der Waals surface area contributed by atoms with E-state index in [1.807, 2.05) is 4.90 Å². The van der Waals surface area contributed by atoms with Gasteiger partial charge in [-0.1, -0.05) is 39.2 Å². The molecule has 0 saturated carbocycles. The molecule has 1 heterocycles. The lowest BCUT2D eigenvalue weighted by Crippen LogP contribution is -2.28. The molecule has 0 aromatic carbocycles. The van der Waals surface area contributed by atoms with E-state index >= 15 is 0 Å². The third-order valence-corrected chi connectivity index (χ3v) is 3.28. The Labute approximate surface area is 99.7 Å². The van der Waals surface area contributed by atoms with Gasteiger partial charge in [-0.2, -0.15) is 0 Å². The summed E-state index contributed by atoms with van der Waals surface area (Å²) in [5, 5.41) is 0. The Kier molecular flexibility index (Phi) is 6.20. The average molecular weight is 223 g/mol. The lowest BCUT2D eigenvalue weighted by atomic mass is 10.1. The maximum Gasteiger partial charge on any atom is 0.249 e. The van der Waals surface area contributed by atoms with Gasteiger partial charge in [-0.05, 0) is 25.7 Å². The SMILES string of the molecule is C=C(CCCCCCC)C(=O)N1CCCC1. The second kappa shape index (κ2) is 7.48. The molecule has 0 unspecified atom stereocenters. The molecule has 2 nitrogen and oxygen atoms in total. The van der Waals surface area contributed by atoms with Crippen LogP contribution in [-0.2, 0) is 4.79 Å². The second-order valence-electron chi connectivity index (χ2n) is 4.77. The summed E-state index contributed by atoms with van der Waals surface area (Å²) in [5.41, 5.74) is 0.818. The minimum atomic E-state index is 0.202. The molecule has 1 aliphatic rings. The van der Waals surface area contributed by atoms with E-state index in [9.17, 15) is 4.79 Å². The molecule has 0 aromatic heterocycles. The number of likely N-dealkylation sites (tertiary alicyclic amines) is 1. The second-order valence-corrected chi connectivity index (χ2v) is 4.77. The summed E-state index contributed by atoms with van der Waals surface area (Å²) in [6.45, 7) is 8.02. The van der Waals surface area contributed by atoms with Crippen LogP contribution in [0.3, 0.4) is 0 Å². The third kappa shape index (κ3) is 4.38. The first-order valence-corrected chi connectivity index (χ1v) is 6.72. The molecule has 16 heavy (non-hydrogen) atoms. The summed E-state index contributed by atoms with van der Waals surface area (Å²) < 4.78 is 0. The van der Waals surface area contributed by atoms with E-state index in [-0.39, 0.29) is 5.91 Å². The average Bonchev–Trinajstić information content (AvgIpc) is 2.81. The van der Waals surface area contributed by atoms with Crippen LogP contribution in [0.25, 0.3) is 0 Å². The highest BCUT2D eigenvalue weighted by molar-refractivity contribution is 5.92. The first-order valence-electron chi connectivity index (χ1n) is 6.72. The van der Waals surface area contributed by atoms with Gasteiger partial charge in [-0.15, -0.1) is 0 Å². The van der Waals surface area contributed by atoms with Crippen molar-refractivity contribution in [3.05, 3.63) is 12.2 Å². The topological polar surface area (TPSA) is 20.3 Å². The van der Waals surface area contributed by atoms with Gasteiger partial charge in [0.1, 0.15) is 0 Å². The van der Waals surface area contributed by atoms with Crippen molar-refractivity contribution >= 4 is 5.91 Å². The molecular weight excluding hydrogens is 198 g/mol. The number of carbonyl (C=O) groups is 1. The highest BCUT2D eigenvalue weighted by atomic mass is 16.2. The van der Waals surface area contributed by atoms with Crippen LogP contribution in [0.1, 0.15) is 58.3 Å². The van der Waals surface area contributed by atoms with Crippen LogP contribution in [0.4, 0.5) is 0 Å². The van der Waals surface area contributed by atoms with Crippen molar-refractivity contribution in [1.82, 2.24) is 4.90 Å². The highest BCUT2D eigenvalue weighted by Gasteiger charge is 2.19. The van der Waals surface area contributed by atoms with Crippen LogP contribution in [0, 0.1) is 0 Å². The summed E-state index contributed by atoms with van der Waals surface area (Å²) in [6, 6.07) is 0. The minimum absolute atomic E-state index is 0.202. The Balaban J connectivity index is 2.11. The molecule has 1 aliphatic heterocycles. The van der Waals surface area contributed by atoms with Crippen LogP contribution in [-0.4, -0.2) is 23.9 Å². The number of rotatable bonds is 7. The van der Waals surface area contributed by atoms with Gasteiger partial charge in [0.2, 0.25) is 5.91 Å². The van der Waals surface area contributed by atoms with Gasteiger partial charge in [-0.3, -0.25) is 4.79 Å². The largest absolute Gasteiger partial charge is 0.339 e. The maximum absolute atomic E-state index is 11.9. The highest BCUT2D eigenvalue weighted by Crippen LogP contribution is 2.15. The molecule has 1 amide bonds. The van der Waals surface area contributed by atoms with Gasteiger partial charge in [-0.25, -0.2) is 0 Å². The van der Waals surface area contributed by atoms with Crippen molar-refractivity contribution in [2.75, 3.05) is 13.1 Å². The van der Waals surface area contributed by atoms with Gasteiger partial charge in [0.05, 0.1) is 0 Å². The number of unbranched alkanes of at least 4 members (excludes halogenated alkanes) is 4. The van der Waals surface area contributed by atoms with Gasteiger partial charge < -0.3 is 4.90 Å². The van der Waals surface area contributed by atoms with E-state index in [0.717, 1.165) is 44.3 Å². The number of nitrogens with zero attached hydrogens (tertiary/aromatic N) is 1. The Hall–Kier alpha value is -0.790. The summed E-state index contributed by atoms with van der Waals surface area (Å²) in [5.74, 6) is 0.202.